The van der Waals surface area contributed by atoms with Gasteiger partial charge in [0.2, 0.25) is 5.91 Å². The normalized spacial score (nSPS) is 22.7. The number of nitrogens with zero attached hydrogens (tertiary/aromatic N) is 2. The lowest BCUT2D eigenvalue weighted by molar-refractivity contribution is -0.126. The van der Waals surface area contributed by atoms with Crippen LogP contribution in [0.2, 0.25) is 0 Å². The summed E-state index contributed by atoms with van der Waals surface area (Å²) in [7, 11) is 0. The fraction of sp³-hybridized carbons (Fsp3) is 0.286. The Bertz CT molecular complexity index is 1200. The minimum atomic E-state index is -0.856. The van der Waals surface area contributed by atoms with Gasteiger partial charge in [0.05, 0.1) is 17.4 Å². The minimum absolute atomic E-state index is 0.0213. The number of amides is 2. The number of hydroxylamine groups is 1. The van der Waals surface area contributed by atoms with E-state index in [-0.39, 0.29) is 17.2 Å². The van der Waals surface area contributed by atoms with Crippen LogP contribution in [-0.2, 0) is 19.8 Å². The summed E-state index contributed by atoms with van der Waals surface area (Å²) in [6.07, 6.45) is -0.856. The smallest absolute Gasteiger partial charge is 0.266 e. The van der Waals surface area contributed by atoms with Crippen molar-refractivity contribution < 1.29 is 14.4 Å². The third kappa shape index (κ3) is 3.62. The molecule has 0 aromatic heterocycles. The fourth-order valence-corrected chi connectivity index (χ4v) is 4.75. The van der Waals surface area contributed by atoms with Crippen LogP contribution >= 0.6 is 0 Å². The second kappa shape index (κ2) is 7.85. The second-order valence-electron chi connectivity index (χ2n) is 9.88. The van der Waals surface area contributed by atoms with Gasteiger partial charge in [-0.05, 0) is 53.3 Å². The number of rotatable bonds is 3. The van der Waals surface area contributed by atoms with E-state index in [1.54, 1.807) is 11.1 Å². The quantitative estimate of drug-likeness (QED) is 0.516. The number of carbonyl (C=O) groups excluding carboxylic acids is 2. The summed E-state index contributed by atoms with van der Waals surface area (Å²) in [5.74, 6) is -1.16. The Kier molecular flexibility index (Phi) is 5.09. The summed E-state index contributed by atoms with van der Waals surface area (Å²) in [6.45, 7) is 8.46. The second-order valence-corrected chi connectivity index (χ2v) is 9.88. The Hall–Kier alpha value is -3.44. The molecule has 2 aliphatic rings. The Morgan fingerprint density at radius 3 is 2.09 bits per heavy atom. The van der Waals surface area contributed by atoms with Gasteiger partial charge in [-0.1, -0.05) is 75.4 Å². The van der Waals surface area contributed by atoms with E-state index in [9.17, 15) is 9.59 Å². The molecule has 2 amide bonds. The molecule has 5 heteroatoms. The van der Waals surface area contributed by atoms with Gasteiger partial charge >= 0.3 is 0 Å². The average Bonchev–Trinajstić information content (AvgIpc) is 3.30. The van der Waals surface area contributed by atoms with Gasteiger partial charge in [-0.3, -0.25) is 14.4 Å². The summed E-state index contributed by atoms with van der Waals surface area (Å²) in [4.78, 5) is 34.6. The standard InChI is InChI=1S/C28H28N2O3/c1-18-9-8-12-22(17-18)29-26(31)23-24(19-13-15-20(16-14-19)28(2,3)4)30(33-25(23)27(29)32)21-10-6-5-7-11-21/h5-17,23-25H,1-4H3/t23-,24-,25-/m1/s1. The van der Waals surface area contributed by atoms with Crippen LogP contribution in [0.15, 0.2) is 78.9 Å². The van der Waals surface area contributed by atoms with Gasteiger partial charge in [-0.2, -0.15) is 0 Å². The molecule has 2 aliphatic heterocycles. The van der Waals surface area contributed by atoms with Crippen molar-refractivity contribution in [2.24, 2.45) is 5.92 Å². The third-order valence-electron chi connectivity index (χ3n) is 6.50. The number of hydrogen-bond donors (Lipinski definition) is 0. The maximum atomic E-state index is 13.7. The maximum absolute atomic E-state index is 13.7. The number of para-hydroxylation sites is 1. The number of fused-ring (bicyclic) bond motifs is 1. The molecular formula is C28H28N2O3. The summed E-state index contributed by atoms with van der Waals surface area (Å²) < 4.78 is 0. The van der Waals surface area contributed by atoms with Gasteiger partial charge < -0.3 is 0 Å². The van der Waals surface area contributed by atoms with E-state index in [1.165, 1.54) is 10.5 Å². The molecule has 33 heavy (non-hydrogen) atoms. The molecule has 0 bridgehead atoms. The molecule has 3 atom stereocenters. The highest BCUT2D eigenvalue weighted by Gasteiger charge is 2.60. The first-order valence-electron chi connectivity index (χ1n) is 11.3. The SMILES string of the molecule is Cc1cccc(N2C(=O)[C@@H]3[C@@H](c4ccc(C(C)(C)C)cc4)N(c4ccccc4)O[C@H]3C2=O)c1. The van der Waals surface area contributed by atoms with Crippen LogP contribution in [0.4, 0.5) is 11.4 Å². The first-order valence-corrected chi connectivity index (χ1v) is 11.3. The summed E-state index contributed by atoms with van der Waals surface area (Å²) >= 11 is 0. The highest BCUT2D eigenvalue weighted by Crippen LogP contribution is 2.47. The summed E-state index contributed by atoms with van der Waals surface area (Å²) in [5.41, 5.74) is 4.59. The number of hydrogen-bond acceptors (Lipinski definition) is 4. The van der Waals surface area contributed by atoms with Crippen LogP contribution < -0.4 is 9.96 Å². The first kappa shape index (κ1) is 21.4. The van der Waals surface area contributed by atoms with Crippen LogP contribution in [-0.4, -0.2) is 17.9 Å². The topological polar surface area (TPSA) is 49.9 Å². The lowest BCUT2D eigenvalue weighted by Gasteiger charge is -2.29. The molecule has 3 aromatic rings. The largest absolute Gasteiger partial charge is 0.273 e. The van der Waals surface area contributed by atoms with Crippen LogP contribution in [0.1, 0.15) is 43.5 Å². The molecule has 0 saturated carbocycles. The van der Waals surface area contributed by atoms with Crippen molar-refractivity contribution in [1.29, 1.82) is 0 Å². The maximum Gasteiger partial charge on any atom is 0.266 e. The Morgan fingerprint density at radius 1 is 0.788 bits per heavy atom. The number of anilines is 2. The van der Waals surface area contributed by atoms with E-state index in [4.69, 9.17) is 4.84 Å². The molecular weight excluding hydrogens is 412 g/mol. The first-order chi connectivity index (χ1) is 15.8. The van der Waals surface area contributed by atoms with Gasteiger partial charge in [0, 0.05) is 0 Å². The highest BCUT2D eigenvalue weighted by atomic mass is 16.7. The fourth-order valence-electron chi connectivity index (χ4n) is 4.75. The summed E-state index contributed by atoms with van der Waals surface area (Å²) in [5, 5.41) is 1.74. The molecule has 2 saturated heterocycles. The van der Waals surface area contributed by atoms with Crippen molar-refractivity contribution >= 4 is 23.2 Å². The predicted molar refractivity (Wildman–Crippen MR) is 129 cm³/mol. The third-order valence-corrected chi connectivity index (χ3v) is 6.50. The van der Waals surface area contributed by atoms with Crippen molar-refractivity contribution in [3.63, 3.8) is 0 Å². The monoisotopic (exact) mass is 440 g/mol. The van der Waals surface area contributed by atoms with E-state index in [2.05, 4.69) is 45.0 Å². The average molecular weight is 441 g/mol. The lowest BCUT2D eigenvalue weighted by Crippen LogP contribution is -2.37. The lowest BCUT2D eigenvalue weighted by atomic mass is 9.84. The summed E-state index contributed by atoms with van der Waals surface area (Å²) in [6, 6.07) is 25.0. The van der Waals surface area contributed by atoms with Crippen molar-refractivity contribution in [3.05, 3.63) is 95.6 Å². The van der Waals surface area contributed by atoms with Crippen LogP contribution in [0.25, 0.3) is 0 Å². The van der Waals surface area contributed by atoms with Crippen LogP contribution in [0.5, 0.6) is 0 Å². The van der Waals surface area contributed by atoms with Crippen molar-refractivity contribution in [2.45, 2.75) is 45.3 Å². The van der Waals surface area contributed by atoms with E-state index in [0.29, 0.717) is 5.69 Å². The number of imide groups is 1. The molecule has 2 fully saturated rings. The van der Waals surface area contributed by atoms with Crippen molar-refractivity contribution in [3.8, 4) is 0 Å². The van der Waals surface area contributed by atoms with Gasteiger partial charge in [-0.25, -0.2) is 9.96 Å². The molecule has 0 spiro atoms. The van der Waals surface area contributed by atoms with Gasteiger partial charge in [0.15, 0.2) is 6.10 Å². The zero-order chi connectivity index (χ0) is 23.3. The molecule has 168 valence electrons. The van der Waals surface area contributed by atoms with Crippen LogP contribution in [0.3, 0.4) is 0 Å². The Balaban J connectivity index is 1.57. The highest BCUT2D eigenvalue weighted by molar-refractivity contribution is 6.23. The van der Waals surface area contributed by atoms with E-state index in [0.717, 1.165) is 16.8 Å². The Labute approximate surface area is 194 Å². The van der Waals surface area contributed by atoms with Gasteiger partial charge in [-0.15, -0.1) is 0 Å². The molecule has 0 N–H and O–H groups in total. The van der Waals surface area contributed by atoms with E-state index in [1.807, 2.05) is 55.5 Å². The number of aryl methyl sites for hydroxylation is 1. The molecule has 5 rings (SSSR count). The molecule has 5 nitrogen and oxygen atoms in total. The zero-order valence-corrected chi connectivity index (χ0v) is 19.4. The molecule has 0 aliphatic carbocycles. The molecule has 3 aromatic carbocycles. The molecule has 0 unspecified atom stereocenters. The van der Waals surface area contributed by atoms with Gasteiger partial charge in [0.25, 0.3) is 5.91 Å². The Morgan fingerprint density at radius 2 is 1.45 bits per heavy atom. The van der Waals surface area contributed by atoms with E-state index >= 15 is 0 Å². The number of benzene rings is 3. The predicted octanol–water partition coefficient (Wildman–Crippen LogP) is 5.34. The molecule has 0 radical (unpaired) electrons. The van der Waals surface area contributed by atoms with Crippen molar-refractivity contribution in [1.82, 2.24) is 0 Å². The van der Waals surface area contributed by atoms with Crippen LogP contribution in [0, 0.1) is 12.8 Å². The molecule has 2 heterocycles. The van der Waals surface area contributed by atoms with Crippen molar-refractivity contribution in [2.75, 3.05) is 9.96 Å². The van der Waals surface area contributed by atoms with Gasteiger partial charge in [0.1, 0.15) is 5.92 Å². The minimum Gasteiger partial charge on any atom is -0.273 e. The number of carbonyl (C=O) groups is 2. The van der Waals surface area contributed by atoms with E-state index < -0.39 is 18.1 Å². The zero-order valence-electron chi connectivity index (χ0n) is 19.4.